The minimum atomic E-state index is 0.651. The van der Waals surface area contributed by atoms with Gasteiger partial charge in [-0.15, -0.1) is 10.2 Å². The molecule has 0 unspecified atom stereocenters. The summed E-state index contributed by atoms with van der Waals surface area (Å²) in [6.45, 7) is 2.05. The number of nitrogen functional groups attached to an aromatic ring is 1. The minimum absolute atomic E-state index is 0.651. The van der Waals surface area contributed by atoms with Crippen LogP contribution in [0.3, 0.4) is 0 Å². The highest BCUT2D eigenvalue weighted by atomic mass is 32.2. The van der Waals surface area contributed by atoms with E-state index in [1.807, 2.05) is 55.5 Å². The molecule has 0 atom stereocenters. The van der Waals surface area contributed by atoms with Crippen molar-refractivity contribution in [1.29, 1.82) is 0 Å². The Balaban J connectivity index is 1.54. The van der Waals surface area contributed by atoms with Crippen LogP contribution >= 0.6 is 11.8 Å². The van der Waals surface area contributed by atoms with Crippen LogP contribution in [0.5, 0.6) is 0 Å². The fourth-order valence-electron chi connectivity index (χ4n) is 2.48. The van der Waals surface area contributed by atoms with Gasteiger partial charge in [-0.1, -0.05) is 53.7 Å². The maximum Gasteiger partial charge on any atom is 0.210 e. The van der Waals surface area contributed by atoms with Gasteiger partial charge < -0.3 is 10.8 Å². The molecule has 2 heterocycles. The van der Waals surface area contributed by atoms with E-state index in [0.29, 0.717) is 16.7 Å². The number of nitrogens with one attached hydrogen (secondary N) is 1. The Bertz CT molecular complexity index is 953. The topological polar surface area (TPSA) is 85.4 Å². The highest BCUT2D eigenvalue weighted by Gasteiger charge is 2.13. The predicted octanol–water partition coefficient (Wildman–Crippen LogP) is 3.14. The van der Waals surface area contributed by atoms with E-state index >= 15 is 0 Å². The number of nitrogens with zero attached hydrogens (tertiary/aromatic N) is 4. The molecule has 6 nitrogen and oxygen atoms in total. The van der Waals surface area contributed by atoms with E-state index in [-0.39, 0.29) is 0 Å². The number of imidazole rings is 1. The van der Waals surface area contributed by atoms with Gasteiger partial charge in [0.15, 0.2) is 5.82 Å². The molecule has 0 aliphatic rings. The second-order valence-electron chi connectivity index (χ2n) is 5.53. The molecule has 0 aliphatic heterocycles. The van der Waals surface area contributed by atoms with Gasteiger partial charge >= 0.3 is 0 Å². The normalized spacial score (nSPS) is 11.2. The number of benzene rings is 2. The van der Waals surface area contributed by atoms with Crippen LogP contribution in [0.15, 0.2) is 53.7 Å². The third-order valence-corrected chi connectivity index (χ3v) is 4.71. The minimum Gasteiger partial charge on any atom is -0.341 e. The van der Waals surface area contributed by atoms with E-state index in [1.54, 1.807) is 0 Å². The first-order valence-electron chi connectivity index (χ1n) is 7.54. The number of fused-ring (bicyclic) bond motifs is 1. The Labute approximate surface area is 143 Å². The maximum absolute atomic E-state index is 6.15. The van der Waals surface area contributed by atoms with Crippen LogP contribution in [0.4, 0.5) is 0 Å². The number of aryl methyl sites for hydroxylation is 1. The standard InChI is InChI=1S/C17H16N6S/c1-11-6-8-12(9-7-11)16-21-22-17(23(16)18)24-10-15-19-13-4-2-3-5-14(13)20-15/h2-9H,10,18H2,1H3,(H,19,20). The van der Waals surface area contributed by atoms with Gasteiger partial charge in [0.25, 0.3) is 0 Å². The van der Waals surface area contributed by atoms with Crippen LogP contribution in [0.2, 0.25) is 0 Å². The Morgan fingerprint density at radius 1 is 1.08 bits per heavy atom. The largest absolute Gasteiger partial charge is 0.341 e. The fourth-order valence-corrected chi connectivity index (χ4v) is 3.21. The molecule has 0 saturated carbocycles. The van der Waals surface area contributed by atoms with Gasteiger partial charge in [0.1, 0.15) is 5.82 Å². The van der Waals surface area contributed by atoms with Crippen LogP contribution in [0.25, 0.3) is 22.4 Å². The van der Waals surface area contributed by atoms with Crippen LogP contribution < -0.4 is 5.84 Å². The van der Waals surface area contributed by atoms with Crippen molar-refractivity contribution >= 4 is 22.8 Å². The molecular formula is C17H16N6S. The van der Waals surface area contributed by atoms with Crippen molar-refractivity contribution in [2.24, 2.45) is 0 Å². The van der Waals surface area contributed by atoms with Gasteiger partial charge in [0.2, 0.25) is 5.16 Å². The second kappa shape index (κ2) is 6.01. The summed E-state index contributed by atoms with van der Waals surface area (Å²) in [6.07, 6.45) is 0. The van der Waals surface area contributed by atoms with E-state index in [1.165, 1.54) is 22.0 Å². The third kappa shape index (κ3) is 2.74. The molecule has 0 saturated heterocycles. The number of aromatic amines is 1. The van der Waals surface area contributed by atoms with Gasteiger partial charge in [-0.05, 0) is 19.1 Å². The van der Waals surface area contributed by atoms with Crippen molar-refractivity contribution in [2.75, 3.05) is 5.84 Å². The van der Waals surface area contributed by atoms with E-state index in [2.05, 4.69) is 20.2 Å². The molecule has 4 rings (SSSR count). The van der Waals surface area contributed by atoms with Crippen molar-refractivity contribution in [1.82, 2.24) is 24.8 Å². The molecule has 2 aromatic heterocycles. The smallest absolute Gasteiger partial charge is 0.210 e. The average Bonchev–Trinajstić information content (AvgIpc) is 3.17. The first-order valence-corrected chi connectivity index (χ1v) is 8.53. The predicted molar refractivity (Wildman–Crippen MR) is 96.0 cm³/mol. The van der Waals surface area contributed by atoms with Crippen molar-refractivity contribution in [2.45, 2.75) is 17.8 Å². The van der Waals surface area contributed by atoms with Crippen molar-refractivity contribution < 1.29 is 0 Å². The summed E-state index contributed by atoms with van der Waals surface area (Å²) < 4.78 is 1.53. The summed E-state index contributed by atoms with van der Waals surface area (Å²) in [4.78, 5) is 7.86. The quantitative estimate of drug-likeness (QED) is 0.442. The van der Waals surface area contributed by atoms with Crippen molar-refractivity contribution in [3.05, 3.63) is 59.9 Å². The van der Waals surface area contributed by atoms with Gasteiger partial charge in [-0.2, -0.15) is 0 Å². The lowest BCUT2D eigenvalue weighted by Crippen LogP contribution is -2.11. The number of thioether (sulfide) groups is 1. The second-order valence-corrected chi connectivity index (χ2v) is 6.47. The van der Waals surface area contributed by atoms with Crippen LogP contribution in [0.1, 0.15) is 11.4 Å². The summed E-state index contributed by atoms with van der Waals surface area (Å²) in [5, 5.41) is 9.06. The highest BCUT2D eigenvalue weighted by molar-refractivity contribution is 7.98. The monoisotopic (exact) mass is 336 g/mol. The number of hydrogen-bond donors (Lipinski definition) is 2. The first-order chi connectivity index (χ1) is 11.7. The average molecular weight is 336 g/mol. The molecule has 0 radical (unpaired) electrons. The molecule has 0 spiro atoms. The number of H-pyrrole nitrogens is 1. The van der Waals surface area contributed by atoms with E-state index in [9.17, 15) is 0 Å². The number of hydrogen-bond acceptors (Lipinski definition) is 5. The Kier molecular flexibility index (Phi) is 3.70. The zero-order valence-corrected chi connectivity index (χ0v) is 13.9. The zero-order valence-electron chi connectivity index (χ0n) is 13.1. The molecule has 3 N–H and O–H groups in total. The van der Waals surface area contributed by atoms with Crippen molar-refractivity contribution in [3.8, 4) is 11.4 Å². The molecule has 7 heteroatoms. The van der Waals surface area contributed by atoms with Gasteiger partial charge in [-0.3, -0.25) is 0 Å². The van der Waals surface area contributed by atoms with Gasteiger partial charge in [0.05, 0.1) is 16.8 Å². The van der Waals surface area contributed by atoms with Gasteiger partial charge in [-0.25, -0.2) is 9.66 Å². The number of rotatable bonds is 4. The lowest BCUT2D eigenvalue weighted by molar-refractivity contribution is 0.848. The zero-order chi connectivity index (χ0) is 16.5. The summed E-state index contributed by atoms with van der Waals surface area (Å²) >= 11 is 1.50. The summed E-state index contributed by atoms with van der Waals surface area (Å²) in [6, 6.07) is 16.0. The van der Waals surface area contributed by atoms with E-state index in [4.69, 9.17) is 5.84 Å². The molecular weight excluding hydrogens is 320 g/mol. The lowest BCUT2D eigenvalue weighted by Gasteiger charge is -2.03. The third-order valence-electron chi connectivity index (χ3n) is 3.75. The van der Waals surface area contributed by atoms with Crippen LogP contribution in [-0.4, -0.2) is 24.8 Å². The SMILES string of the molecule is Cc1ccc(-c2nnc(SCc3nc4ccccc4[nH]3)n2N)cc1. The number of nitrogens with two attached hydrogens (primary N) is 1. The van der Waals surface area contributed by atoms with Crippen LogP contribution in [0, 0.1) is 6.92 Å². The Morgan fingerprint density at radius 3 is 2.67 bits per heavy atom. The maximum atomic E-state index is 6.15. The summed E-state index contributed by atoms with van der Waals surface area (Å²) in [5.41, 5.74) is 4.14. The van der Waals surface area contributed by atoms with Crippen molar-refractivity contribution in [3.63, 3.8) is 0 Å². The van der Waals surface area contributed by atoms with Crippen LogP contribution in [-0.2, 0) is 5.75 Å². The molecule has 0 amide bonds. The first kappa shape index (κ1) is 14.8. The molecule has 0 bridgehead atoms. The Hall–Kier alpha value is -2.80. The highest BCUT2D eigenvalue weighted by Crippen LogP contribution is 2.24. The Morgan fingerprint density at radius 2 is 1.88 bits per heavy atom. The lowest BCUT2D eigenvalue weighted by atomic mass is 10.1. The van der Waals surface area contributed by atoms with Gasteiger partial charge in [0, 0.05) is 5.56 Å². The fraction of sp³-hybridized carbons (Fsp3) is 0.118. The molecule has 24 heavy (non-hydrogen) atoms. The molecule has 4 aromatic rings. The molecule has 120 valence electrons. The van der Waals surface area contributed by atoms with E-state index in [0.717, 1.165) is 22.4 Å². The number of para-hydroxylation sites is 2. The number of aromatic nitrogens is 5. The summed E-state index contributed by atoms with van der Waals surface area (Å²) in [5.74, 6) is 8.35. The molecule has 0 aliphatic carbocycles. The summed E-state index contributed by atoms with van der Waals surface area (Å²) in [7, 11) is 0. The molecule has 0 fully saturated rings. The molecule has 2 aromatic carbocycles. The van der Waals surface area contributed by atoms with E-state index < -0.39 is 0 Å².